The average Bonchev–Trinajstić information content (AvgIpc) is 2.30. The Morgan fingerprint density at radius 2 is 1.84 bits per heavy atom. The summed E-state index contributed by atoms with van der Waals surface area (Å²) in [5, 5.41) is 11.3. The van der Waals surface area contributed by atoms with Gasteiger partial charge in [0.1, 0.15) is 6.61 Å². The predicted octanol–water partition coefficient (Wildman–Crippen LogP) is 3.40. The number of rotatable bonds is 5. The van der Waals surface area contributed by atoms with E-state index in [0.717, 1.165) is 4.47 Å². The van der Waals surface area contributed by atoms with Gasteiger partial charge in [-0.25, -0.2) is 4.79 Å². The topological polar surface area (TPSA) is 75.6 Å². The molecule has 0 unspecified atom stereocenters. The normalized spacial score (nSPS) is 12.0. The summed E-state index contributed by atoms with van der Waals surface area (Å²) in [5.41, 5.74) is 0.555. The molecule has 0 heterocycles. The van der Waals surface area contributed by atoms with Crippen LogP contribution in [-0.4, -0.2) is 29.7 Å². The zero-order valence-electron chi connectivity index (χ0n) is 9.75. The third-order valence-corrected chi connectivity index (χ3v) is 3.79. The van der Waals surface area contributed by atoms with E-state index < -0.39 is 18.0 Å². The molecule has 0 aliphatic rings. The first-order valence-corrected chi connectivity index (χ1v) is 7.48. The Morgan fingerprint density at radius 3 is 2.32 bits per heavy atom. The molecule has 0 saturated heterocycles. The van der Waals surface area contributed by atoms with E-state index in [1.54, 1.807) is 12.1 Å². The molecular weight excluding hydrogens is 450 g/mol. The monoisotopic (exact) mass is 457 g/mol. The van der Waals surface area contributed by atoms with Gasteiger partial charge in [0.2, 0.25) is 5.91 Å². The second kappa shape index (κ2) is 7.37. The number of carbonyl (C=O) groups is 2. The number of nitrogens with one attached hydrogen (secondary N) is 1. The summed E-state index contributed by atoms with van der Waals surface area (Å²) in [6.45, 7) is 1.03. The highest BCUT2D eigenvalue weighted by atomic mass is 79.9. The smallest absolute Gasteiger partial charge is 0.332 e. The number of aliphatic carboxylic acids is 1. The number of carbonyl (C=O) groups excluding carboxylic acids is 1. The van der Waals surface area contributed by atoms with E-state index in [2.05, 4.69) is 53.1 Å². The first kappa shape index (κ1) is 16.6. The summed E-state index contributed by atoms with van der Waals surface area (Å²) >= 11 is 9.96. The number of anilines is 1. The van der Waals surface area contributed by atoms with E-state index in [0.29, 0.717) is 14.6 Å². The lowest BCUT2D eigenvalue weighted by molar-refractivity contribution is -0.150. The van der Waals surface area contributed by atoms with Crippen molar-refractivity contribution in [3.05, 3.63) is 25.6 Å². The summed E-state index contributed by atoms with van der Waals surface area (Å²) < 4.78 is 7.11. The van der Waals surface area contributed by atoms with Crippen LogP contribution < -0.4 is 5.32 Å². The molecule has 8 heteroatoms. The number of amides is 1. The van der Waals surface area contributed by atoms with Crippen molar-refractivity contribution in [3.8, 4) is 0 Å². The minimum Gasteiger partial charge on any atom is -0.479 e. The molecule has 1 atom stereocenters. The van der Waals surface area contributed by atoms with Crippen molar-refractivity contribution in [1.29, 1.82) is 0 Å². The first-order chi connectivity index (χ1) is 8.81. The molecule has 0 spiro atoms. The maximum Gasteiger partial charge on any atom is 0.332 e. The summed E-state index contributed by atoms with van der Waals surface area (Å²) in [4.78, 5) is 22.2. The lowest BCUT2D eigenvalue weighted by Gasteiger charge is -2.12. The van der Waals surface area contributed by atoms with Crippen molar-refractivity contribution < 1.29 is 19.4 Å². The molecule has 0 aliphatic carbocycles. The van der Waals surface area contributed by atoms with Crippen molar-refractivity contribution in [2.75, 3.05) is 11.9 Å². The van der Waals surface area contributed by atoms with Gasteiger partial charge < -0.3 is 15.2 Å². The number of benzene rings is 1. The fourth-order valence-corrected chi connectivity index (χ4v) is 3.57. The molecule has 0 saturated carbocycles. The second-order valence-electron chi connectivity index (χ2n) is 3.58. The highest BCUT2D eigenvalue weighted by Crippen LogP contribution is 2.34. The van der Waals surface area contributed by atoms with Crippen LogP contribution in [0.3, 0.4) is 0 Å². The number of hydrogen-bond donors (Lipinski definition) is 2. The van der Waals surface area contributed by atoms with Gasteiger partial charge in [-0.2, -0.15) is 0 Å². The number of halogens is 3. The third-order valence-electron chi connectivity index (χ3n) is 2.08. The van der Waals surface area contributed by atoms with E-state index in [1.807, 2.05) is 0 Å². The summed E-state index contributed by atoms with van der Waals surface area (Å²) in [6.07, 6.45) is -1.03. The maximum atomic E-state index is 11.6. The van der Waals surface area contributed by atoms with Crippen LogP contribution in [0.5, 0.6) is 0 Å². The number of carboxylic acid groups (broad SMARTS) is 1. The molecule has 0 radical (unpaired) electrons. The highest BCUT2D eigenvalue weighted by Gasteiger charge is 2.15. The Balaban J connectivity index is 2.65. The van der Waals surface area contributed by atoms with Crippen LogP contribution >= 0.6 is 47.8 Å². The van der Waals surface area contributed by atoms with Gasteiger partial charge in [0.25, 0.3) is 0 Å². The molecule has 1 rings (SSSR count). The lowest BCUT2D eigenvalue weighted by atomic mass is 10.3. The quantitative estimate of drug-likeness (QED) is 0.707. The minimum absolute atomic E-state index is 0.331. The lowest BCUT2D eigenvalue weighted by Crippen LogP contribution is -2.26. The molecule has 0 bridgehead atoms. The molecule has 0 fully saturated rings. The Morgan fingerprint density at radius 1 is 1.32 bits per heavy atom. The molecule has 2 N–H and O–H groups in total. The molecule has 1 aromatic rings. The largest absolute Gasteiger partial charge is 0.479 e. The second-order valence-corrected chi connectivity index (χ2v) is 6.21. The van der Waals surface area contributed by atoms with Gasteiger partial charge in [0, 0.05) is 13.4 Å². The molecule has 5 nitrogen and oxygen atoms in total. The van der Waals surface area contributed by atoms with Crippen molar-refractivity contribution >= 4 is 65.4 Å². The van der Waals surface area contributed by atoms with Gasteiger partial charge in [-0.05, 0) is 50.9 Å². The standard InChI is InChI=1S/C11H10Br3NO4/c1-5(11(17)18)19-4-9(16)15-10-7(13)2-6(12)3-8(10)14/h2-3,5H,4H2,1H3,(H,15,16)(H,17,18)/t5-/m1/s1. The van der Waals surface area contributed by atoms with Crippen LogP contribution in [0.1, 0.15) is 6.92 Å². The van der Waals surface area contributed by atoms with Gasteiger partial charge in [-0.15, -0.1) is 0 Å². The molecular formula is C11H10Br3NO4. The maximum absolute atomic E-state index is 11.6. The van der Waals surface area contributed by atoms with Gasteiger partial charge >= 0.3 is 5.97 Å². The summed E-state index contributed by atoms with van der Waals surface area (Å²) in [7, 11) is 0. The predicted molar refractivity (Wildman–Crippen MR) is 81.2 cm³/mol. The zero-order chi connectivity index (χ0) is 14.6. The molecule has 1 aromatic carbocycles. The molecule has 0 aliphatic heterocycles. The SMILES string of the molecule is C[C@@H](OCC(=O)Nc1c(Br)cc(Br)cc1Br)C(=O)O. The van der Waals surface area contributed by atoms with Crippen LogP contribution in [0.2, 0.25) is 0 Å². The summed E-state index contributed by atoms with van der Waals surface area (Å²) in [6, 6.07) is 3.56. The van der Waals surface area contributed by atoms with Crippen LogP contribution in [0.4, 0.5) is 5.69 Å². The Kier molecular flexibility index (Phi) is 6.45. The van der Waals surface area contributed by atoms with Gasteiger partial charge in [-0.3, -0.25) is 4.79 Å². The van der Waals surface area contributed by atoms with E-state index >= 15 is 0 Å². The zero-order valence-corrected chi connectivity index (χ0v) is 14.5. The highest BCUT2D eigenvalue weighted by molar-refractivity contribution is 9.11. The first-order valence-electron chi connectivity index (χ1n) is 5.10. The van der Waals surface area contributed by atoms with E-state index in [9.17, 15) is 9.59 Å². The molecule has 19 heavy (non-hydrogen) atoms. The van der Waals surface area contributed by atoms with E-state index in [1.165, 1.54) is 6.92 Å². The van der Waals surface area contributed by atoms with Crippen molar-refractivity contribution in [2.24, 2.45) is 0 Å². The van der Waals surface area contributed by atoms with Crippen LogP contribution in [0.15, 0.2) is 25.6 Å². The molecule has 1 amide bonds. The van der Waals surface area contributed by atoms with E-state index in [-0.39, 0.29) is 6.61 Å². The fourth-order valence-electron chi connectivity index (χ4n) is 1.11. The number of carboxylic acids is 1. The van der Waals surface area contributed by atoms with Crippen LogP contribution in [-0.2, 0) is 14.3 Å². The summed E-state index contributed by atoms with van der Waals surface area (Å²) in [5.74, 6) is -1.55. The van der Waals surface area contributed by atoms with Gasteiger partial charge in [-0.1, -0.05) is 15.9 Å². The van der Waals surface area contributed by atoms with Gasteiger partial charge in [0.05, 0.1) is 5.69 Å². The number of ether oxygens (including phenoxy) is 1. The fraction of sp³-hybridized carbons (Fsp3) is 0.273. The molecule has 0 aromatic heterocycles. The van der Waals surface area contributed by atoms with E-state index in [4.69, 9.17) is 9.84 Å². The Bertz CT molecular complexity index is 484. The van der Waals surface area contributed by atoms with Crippen molar-refractivity contribution in [3.63, 3.8) is 0 Å². The van der Waals surface area contributed by atoms with Crippen molar-refractivity contribution in [2.45, 2.75) is 13.0 Å². The number of hydrogen-bond acceptors (Lipinski definition) is 3. The van der Waals surface area contributed by atoms with Gasteiger partial charge in [0.15, 0.2) is 6.10 Å². The minimum atomic E-state index is -1.11. The Labute approximate surface area is 135 Å². The average molecular weight is 460 g/mol. The third kappa shape index (κ3) is 5.21. The molecule has 104 valence electrons. The van der Waals surface area contributed by atoms with Crippen molar-refractivity contribution in [1.82, 2.24) is 0 Å². The van der Waals surface area contributed by atoms with Crippen LogP contribution in [0.25, 0.3) is 0 Å². The Hall–Kier alpha value is -0.440. The van der Waals surface area contributed by atoms with Crippen LogP contribution in [0, 0.1) is 0 Å².